The molecule has 0 aliphatic heterocycles. The number of nitrogens with one attached hydrogen (secondary N) is 1. The number of carbonyl (C=O) groups excluding carboxylic acids is 1. The number of amides is 1. The standard InChI is InChI=1S/C22H21N5O3/c1-26(14-28)21-13-18(9-10-23-21)30-17-7-8-20-19(12-17)25-22(27(20)2)24-15-5-4-6-16(11-15)29-3/h4-14H,1-3H3,(H,24,25). The Kier molecular flexibility index (Phi) is 5.21. The van der Waals surface area contributed by atoms with E-state index in [1.54, 1.807) is 32.5 Å². The third-order valence-corrected chi connectivity index (χ3v) is 4.65. The molecule has 0 aliphatic carbocycles. The number of nitrogens with zero attached hydrogens (tertiary/aromatic N) is 4. The van der Waals surface area contributed by atoms with Gasteiger partial charge in [0.25, 0.3) is 0 Å². The molecule has 2 heterocycles. The van der Waals surface area contributed by atoms with Gasteiger partial charge in [0.05, 0.1) is 18.1 Å². The van der Waals surface area contributed by atoms with Gasteiger partial charge >= 0.3 is 0 Å². The quantitative estimate of drug-likeness (QED) is 0.468. The van der Waals surface area contributed by atoms with Crippen LogP contribution >= 0.6 is 0 Å². The van der Waals surface area contributed by atoms with Crippen LogP contribution in [0.2, 0.25) is 0 Å². The van der Waals surface area contributed by atoms with Crippen molar-refractivity contribution in [2.75, 3.05) is 24.4 Å². The Morgan fingerprint density at radius 1 is 1.07 bits per heavy atom. The van der Waals surface area contributed by atoms with Crippen LogP contribution in [-0.4, -0.2) is 35.1 Å². The molecule has 152 valence electrons. The highest BCUT2D eigenvalue weighted by atomic mass is 16.5. The van der Waals surface area contributed by atoms with Crippen LogP contribution < -0.4 is 19.7 Å². The van der Waals surface area contributed by atoms with Crippen LogP contribution in [0.25, 0.3) is 11.0 Å². The van der Waals surface area contributed by atoms with E-state index in [4.69, 9.17) is 9.47 Å². The van der Waals surface area contributed by atoms with Gasteiger partial charge in [-0.1, -0.05) is 6.07 Å². The van der Waals surface area contributed by atoms with Crippen LogP contribution in [0.1, 0.15) is 0 Å². The first-order valence-corrected chi connectivity index (χ1v) is 9.27. The molecule has 0 unspecified atom stereocenters. The lowest BCUT2D eigenvalue weighted by Crippen LogP contribution is -2.14. The molecule has 4 aromatic rings. The summed E-state index contributed by atoms with van der Waals surface area (Å²) in [6.45, 7) is 0. The maximum atomic E-state index is 10.9. The number of ether oxygens (including phenoxy) is 2. The summed E-state index contributed by atoms with van der Waals surface area (Å²) in [7, 11) is 5.22. The van der Waals surface area contributed by atoms with Crippen molar-refractivity contribution < 1.29 is 14.3 Å². The lowest BCUT2D eigenvalue weighted by atomic mass is 10.3. The Morgan fingerprint density at radius 2 is 1.90 bits per heavy atom. The molecule has 1 amide bonds. The molecule has 1 N–H and O–H groups in total. The summed E-state index contributed by atoms with van der Waals surface area (Å²) in [6, 6.07) is 16.8. The summed E-state index contributed by atoms with van der Waals surface area (Å²) in [5.74, 6) is 3.20. The molecule has 0 spiro atoms. The second-order valence-corrected chi connectivity index (χ2v) is 6.67. The van der Waals surface area contributed by atoms with Crippen LogP contribution in [-0.2, 0) is 11.8 Å². The molecule has 0 atom stereocenters. The molecular formula is C22H21N5O3. The molecule has 0 radical (unpaired) electrons. The monoisotopic (exact) mass is 403 g/mol. The Balaban J connectivity index is 1.59. The van der Waals surface area contributed by atoms with E-state index < -0.39 is 0 Å². The number of imidazole rings is 1. The second kappa shape index (κ2) is 8.12. The number of benzene rings is 2. The fraction of sp³-hybridized carbons (Fsp3) is 0.136. The van der Waals surface area contributed by atoms with Crippen molar-refractivity contribution in [3.63, 3.8) is 0 Å². The summed E-state index contributed by atoms with van der Waals surface area (Å²) in [5.41, 5.74) is 2.64. The topological polar surface area (TPSA) is 81.5 Å². The molecule has 0 saturated heterocycles. The van der Waals surface area contributed by atoms with Gasteiger partial charge in [-0.2, -0.15) is 0 Å². The van der Waals surface area contributed by atoms with Gasteiger partial charge in [-0.3, -0.25) is 4.79 Å². The largest absolute Gasteiger partial charge is 0.497 e. The van der Waals surface area contributed by atoms with E-state index in [-0.39, 0.29) is 0 Å². The molecule has 0 fully saturated rings. The zero-order valence-electron chi connectivity index (χ0n) is 16.9. The van der Waals surface area contributed by atoms with Gasteiger partial charge in [0, 0.05) is 44.2 Å². The van der Waals surface area contributed by atoms with Crippen molar-refractivity contribution in [3.05, 3.63) is 60.8 Å². The van der Waals surface area contributed by atoms with E-state index in [9.17, 15) is 4.79 Å². The average Bonchev–Trinajstić information content (AvgIpc) is 3.08. The van der Waals surface area contributed by atoms with Crippen LogP contribution in [0, 0.1) is 0 Å². The number of fused-ring (bicyclic) bond motifs is 1. The number of hydrogen-bond donors (Lipinski definition) is 1. The van der Waals surface area contributed by atoms with Crippen LogP contribution in [0.3, 0.4) is 0 Å². The van der Waals surface area contributed by atoms with E-state index in [1.807, 2.05) is 54.1 Å². The molecule has 8 heteroatoms. The molecular weight excluding hydrogens is 382 g/mol. The highest BCUT2D eigenvalue weighted by Crippen LogP contribution is 2.29. The Labute approximate surface area is 173 Å². The fourth-order valence-electron chi connectivity index (χ4n) is 3.03. The number of anilines is 3. The maximum Gasteiger partial charge on any atom is 0.215 e. The van der Waals surface area contributed by atoms with Crippen molar-refractivity contribution in [1.82, 2.24) is 14.5 Å². The van der Waals surface area contributed by atoms with Crippen molar-refractivity contribution in [2.24, 2.45) is 7.05 Å². The third kappa shape index (κ3) is 3.88. The van der Waals surface area contributed by atoms with Crippen molar-refractivity contribution >= 4 is 34.9 Å². The SMILES string of the molecule is COc1cccc(Nc2nc3cc(Oc4ccnc(N(C)C=O)c4)ccc3n2C)c1. The minimum Gasteiger partial charge on any atom is -0.497 e. The van der Waals surface area contributed by atoms with Gasteiger partial charge in [0.2, 0.25) is 12.4 Å². The molecule has 4 rings (SSSR count). The molecule has 2 aromatic carbocycles. The Hall–Kier alpha value is -4.07. The zero-order valence-corrected chi connectivity index (χ0v) is 16.9. The first kappa shape index (κ1) is 19.3. The first-order chi connectivity index (χ1) is 14.6. The molecule has 30 heavy (non-hydrogen) atoms. The average molecular weight is 403 g/mol. The highest BCUT2D eigenvalue weighted by molar-refractivity contribution is 5.81. The number of carbonyl (C=O) groups is 1. The van der Waals surface area contributed by atoms with Crippen molar-refractivity contribution in [1.29, 1.82) is 0 Å². The maximum absolute atomic E-state index is 10.9. The Morgan fingerprint density at radius 3 is 2.70 bits per heavy atom. The normalized spacial score (nSPS) is 10.6. The van der Waals surface area contributed by atoms with Crippen LogP contribution in [0.15, 0.2) is 60.8 Å². The zero-order chi connectivity index (χ0) is 21.1. The van der Waals surface area contributed by atoms with E-state index in [2.05, 4.69) is 15.3 Å². The van der Waals surface area contributed by atoms with Crippen LogP contribution in [0.5, 0.6) is 17.2 Å². The summed E-state index contributed by atoms with van der Waals surface area (Å²) < 4.78 is 13.2. The van der Waals surface area contributed by atoms with E-state index in [0.717, 1.165) is 22.5 Å². The smallest absolute Gasteiger partial charge is 0.215 e. The van der Waals surface area contributed by atoms with E-state index in [0.29, 0.717) is 29.7 Å². The van der Waals surface area contributed by atoms with Gasteiger partial charge in [-0.25, -0.2) is 9.97 Å². The van der Waals surface area contributed by atoms with Gasteiger partial charge in [-0.15, -0.1) is 0 Å². The number of pyridine rings is 1. The number of rotatable bonds is 7. The second-order valence-electron chi connectivity index (χ2n) is 6.67. The van der Waals surface area contributed by atoms with Crippen LogP contribution in [0.4, 0.5) is 17.5 Å². The van der Waals surface area contributed by atoms with Crippen molar-refractivity contribution in [2.45, 2.75) is 0 Å². The molecule has 0 saturated carbocycles. The lowest BCUT2D eigenvalue weighted by molar-refractivity contribution is -0.107. The molecule has 8 nitrogen and oxygen atoms in total. The summed E-state index contributed by atoms with van der Waals surface area (Å²) in [5, 5.41) is 3.32. The van der Waals surface area contributed by atoms with Crippen molar-refractivity contribution in [3.8, 4) is 17.2 Å². The minimum absolute atomic E-state index is 0.506. The number of methoxy groups -OCH3 is 1. The third-order valence-electron chi connectivity index (χ3n) is 4.65. The number of aromatic nitrogens is 3. The molecule has 0 bridgehead atoms. The summed E-state index contributed by atoms with van der Waals surface area (Å²) in [6.07, 6.45) is 2.29. The predicted molar refractivity (Wildman–Crippen MR) is 116 cm³/mol. The van der Waals surface area contributed by atoms with Gasteiger partial charge in [-0.05, 0) is 30.3 Å². The first-order valence-electron chi connectivity index (χ1n) is 9.27. The summed E-state index contributed by atoms with van der Waals surface area (Å²) >= 11 is 0. The van der Waals surface area contributed by atoms with E-state index in [1.165, 1.54) is 4.90 Å². The van der Waals surface area contributed by atoms with Gasteiger partial charge in [0.1, 0.15) is 23.1 Å². The Bertz CT molecular complexity index is 1200. The van der Waals surface area contributed by atoms with E-state index >= 15 is 0 Å². The highest BCUT2D eigenvalue weighted by Gasteiger charge is 2.11. The lowest BCUT2D eigenvalue weighted by Gasteiger charge is -2.11. The van der Waals surface area contributed by atoms with Gasteiger partial charge < -0.3 is 24.3 Å². The number of hydrogen-bond acceptors (Lipinski definition) is 6. The predicted octanol–water partition coefficient (Wildman–Crippen LogP) is 4.11. The van der Waals surface area contributed by atoms with Gasteiger partial charge in [0.15, 0.2) is 0 Å². The molecule has 0 aliphatic rings. The minimum atomic E-state index is 0.506. The summed E-state index contributed by atoms with van der Waals surface area (Å²) in [4.78, 5) is 21.2. The number of aryl methyl sites for hydroxylation is 1. The fourth-order valence-corrected chi connectivity index (χ4v) is 3.03. The molecule has 2 aromatic heterocycles.